The van der Waals surface area contributed by atoms with E-state index < -0.39 is 10.0 Å². The van der Waals surface area contributed by atoms with E-state index in [-0.39, 0.29) is 17.9 Å². The number of hydrogen-bond acceptors (Lipinski definition) is 4. The number of carbonyl (C=O) groups is 1. The van der Waals surface area contributed by atoms with Gasteiger partial charge in [0.1, 0.15) is 0 Å². The third-order valence-electron chi connectivity index (χ3n) is 4.70. The lowest BCUT2D eigenvalue weighted by molar-refractivity contribution is -0.136. The summed E-state index contributed by atoms with van der Waals surface area (Å²) in [6.07, 6.45) is 1.73. The zero-order valence-electron chi connectivity index (χ0n) is 16.5. The Morgan fingerprint density at radius 1 is 1.14 bits per heavy atom. The number of nitrogens with zero attached hydrogens (tertiary/aromatic N) is 2. The topological polar surface area (TPSA) is 78.8 Å². The molecule has 148 valence electrons. The molecule has 2 aromatic carbocycles. The van der Waals surface area contributed by atoms with E-state index in [4.69, 9.17) is 0 Å². The average Bonchev–Trinajstić information content (AvgIpc) is 3.05. The summed E-state index contributed by atoms with van der Waals surface area (Å²) in [6.45, 7) is 5.78. The first kappa shape index (κ1) is 20.1. The quantitative estimate of drug-likeness (QED) is 0.833. The standard InChI is InChI=1S/C21H25N3O3S/c1-14(2)21(25)24-20(18-8-6-5-7-15(18)3)13-19(22-24)16-9-11-17(12-10-16)23-28(4,26)27/h5-12,14,20,23H,13H2,1-4H3/t20-/m0/s1. The molecule has 0 saturated heterocycles. The molecule has 0 saturated carbocycles. The number of aryl methyl sites for hydroxylation is 1. The maximum atomic E-state index is 12.8. The van der Waals surface area contributed by atoms with Crippen molar-refractivity contribution in [3.63, 3.8) is 0 Å². The fourth-order valence-electron chi connectivity index (χ4n) is 3.30. The second-order valence-electron chi connectivity index (χ2n) is 7.41. The van der Waals surface area contributed by atoms with Gasteiger partial charge in [-0.3, -0.25) is 9.52 Å². The summed E-state index contributed by atoms with van der Waals surface area (Å²) in [5.74, 6) is -0.172. The molecular formula is C21H25N3O3S. The summed E-state index contributed by atoms with van der Waals surface area (Å²) in [5.41, 5.74) is 4.39. The first-order valence-electron chi connectivity index (χ1n) is 9.20. The zero-order valence-corrected chi connectivity index (χ0v) is 17.3. The van der Waals surface area contributed by atoms with Crippen molar-refractivity contribution in [1.29, 1.82) is 0 Å². The van der Waals surface area contributed by atoms with Crippen molar-refractivity contribution in [2.45, 2.75) is 33.2 Å². The maximum absolute atomic E-state index is 12.8. The van der Waals surface area contributed by atoms with Crippen molar-refractivity contribution >= 4 is 27.3 Å². The molecule has 7 heteroatoms. The minimum absolute atomic E-state index is 0.0152. The van der Waals surface area contributed by atoms with Crippen molar-refractivity contribution in [3.8, 4) is 0 Å². The Hall–Kier alpha value is -2.67. The van der Waals surface area contributed by atoms with E-state index in [1.54, 1.807) is 17.1 Å². The molecule has 0 fully saturated rings. The zero-order chi connectivity index (χ0) is 20.5. The smallest absolute Gasteiger partial charge is 0.245 e. The van der Waals surface area contributed by atoms with Crippen LogP contribution in [0.25, 0.3) is 0 Å². The van der Waals surface area contributed by atoms with E-state index in [0.717, 1.165) is 28.7 Å². The Balaban J connectivity index is 1.93. The number of rotatable bonds is 5. The lowest BCUT2D eigenvalue weighted by Crippen LogP contribution is -2.30. The van der Waals surface area contributed by atoms with Gasteiger partial charge in [-0.05, 0) is 35.7 Å². The fourth-order valence-corrected chi connectivity index (χ4v) is 3.86. The van der Waals surface area contributed by atoms with E-state index >= 15 is 0 Å². The highest BCUT2D eigenvalue weighted by molar-refractivity contribution is 7.92. The first-order valence-corrected chi connectivity index (χ1v) is 11.1. The molecule has 3 rings (SSSR count). The highest BCUT2D eigenvalue weighted by Gasteiger charge is 2.34. The molecule has 0 spiro atoms. The lowest BCUT2D eigenvalue weighted by Gasteiger charge is -2.24. The number of carbonyl (C=O) groups excluding carboxylic acids is 1. The molecule has 0 aromatic heterocycles. The maximum Gasteiger partial charge on any atom is 0.245 e. The molecule has 1 N–H and O–H groups in total. The molecule has 1 amide bonds. The van der Waals surface area contributed by atoms with Crippen LogP contribution in [0.15, 0.2) is 53.6 Å². The van der Waals surface area contributed by atoms with Gasteiger partial charge in [0.2, 0.25) is 15.9 Å². The van der Waals surface area contributed by atoms with Gasteiger partial charge in [0.05, 0.1) is 18.0 Å². The number of sulfonamides is 1. The van der Waals surface area contributed by atoms with Gasteiger partial charge in [0, 0.05) is 18.0 Å². The summed E-state index contributed by atoms with van der Waals surface area (Å²) in [4.78, 5) is 12.8. The van der Waals surface area contributed by atoms with E-state index in [0.29, 0.717) is 12.1 Å². The second-order valence-corrected chi connectivity index (χ2v) is 9.16. The van der Waals surface area contributed by atoms with Crippen LogP contribution in [0.3, 0.4) is 0 Å². The van der Waals surface area contributed by atoms with E-state index in [2.05, 4.69) is 9.82 Å². The summed E-state index contributed by atoms with van der Waals surface area (Å²) in [7, 11) is -3.32. The Bertz CT molecular complexity index is 1010. The van der Waals surface area contributed by atoms with Gasteiger partial charge in [0.25, 0.3) is 0 Å². The molecular weight excluding hydrogens is 374 g/mol. The van der Waals surface area contributed by atoms with E-state index in [1.807, 2.05) is 57.2 Å². The highest BCUT2D eigenvalue weighted by Crippen LogP contribution is 2.35. The van der Waals surface area contributed by atoms with Crippen LogP contribution in [0, 0.1) is 12.8 Å². The number of hydrogen-bond donors (Lipinski definition) is 1. The van der Waals surface area contributed by atoms with E-state index in [9.17, 15) is 13.2 Å². The highest BCUT2D eigenvalue weighted by atomic mass is 32.2. The number of hydrazone groups is 1. The largest absolute Gasteiger partial charge is 0.284 e. The average molecular weight is 400 g/mol. The number of anilines is 1. The van der Waals surface area contributed by atoms with Crippen LogP contribution in [0.4, 0.5) is 5.69 Å². The van der Waals surface area contributed by atoms with Gasteiger partial charge >= 0.3 is 0 Å². The van der Waals surface area contributed by atoms with Gasteiger partial charge in [-0.25, -0.2) is 13.4 Å². The Kier molecular flexibility index (Phi) is 5.56. The Labute approximate surface area is 166 Å². The minimum atomic E-state index is -3.32. The summed E-state index contributed by atoms with van der Waals surface area (Å²) in [5, 5.41) is 6.25. The molecule has 6 nitrogen and oxygen atoms in total. The number of amides is 1. The molecule has 1 heterocycles. The third kappa shape index (κ3) is 4.42. The molecule has 1 aliphatic rings. The van der Waals surface area contributed by atoms with Crippen molar-refractivity contribution in [1.82, 2.24) is 5.01 Å². The Morgan fingerprint density at radius 2 is 1.79 bits per heavy atom. The van der Waals surface area contributed by atoms with Crippen molar-refractivity contribution in [2.75, 3.05) is 11.0 Å². The van der Waals surface area contributed by atoms with Gasteiger partial charge in [-0.2, -0.15) is 5.10 Å². The summed E-state index contributed by atoms with van der Waals surface area (Å²) in [6, 6.07) is 15.0. The molecule has 2 aromatic rings. The van der Waals surface area contributed by atoms with Crippen LogP contribution in [0.2, 0.25) is 0 Å². The number of nitrogens with one attached hydrogen (secondary N) is 1. The van der Waals surface area contributed by atoms with Gasteiger partial charge < -0.3 is 0 Å². The minimum Gasteiger partial charge on any atom is -0.284 e. The third-order valence-corrected chi connectivity index (χ3v) is 5.31. The number of benzene rings is 2. The molecule has 1 atom stereocenters. The second kappa shape index (κ2) is 7.75. The van der Waals surface area contributed by atoms with E-state index in [1.165, 1.54) is 0 Å². The van der Waals surface area contributed by atoms with Crippen molar-refractivity contribution < 1.29 is 13.2 Å². The fraction of sp³-hybridized carbons (Fsp3) is 0.333. The lowest BCUT2D eigenvalue weighted by atomic mass is 9.95. The van der Waals surface area contributed by atoms with Gasteiger partial charge in [-0.1, -0.05) is 50.2 Å². The Morgan fingerprint density at radius 3 is 2.36 bits per heavy atom. The van der Waals surface area contributed by atoms with Crippen LogP contribution < -0.4 is 4.72 Å². The van der Waals surface area contributed by atoms with Crippen molar-refractivity contribution in [3.05, 3.63) is 65.2 Å². The predicted octanol–water partition coefficient (Wildman–Crippen LogP) is 3.70. The first-order chi connectivity index (χ1) is 13.2. The molecule has 0 aliphatic carbocycles. The predicted molar refractivity (Wildman–Crippen MR) is 112 cm³/mol. The van der Waals surface area contributed by atoms with Gasteiger partial charge in [0.15, 0.2) is 0 Å². The molecule has 0 radical (unpaired) electrons. The van der Waals surface area contributed by atoms with Crippen LogP contribution >= 0.6 is 0 Å². The molecule has 0 unspecified atom stereocenters. The van der Waals surface area contributed by atoms with Crippen molar-refractivity contribution in [2.24, 2.45) is 11.0 Å². The molecule has 28 heavy (non-hydrogen) atoms. The molecule has 0 bridgehead atoms. The summed E-state index contributed by atoms with van der Waals surface area (Å²) < 4.78 is 25.2. The summed E-state index contributed by atoms with van der Waals surface area (Å²) >= 11 is 0. The van der Waals surface area contributed by atoms with Crippen LogP contribution in [0.1, 0.15) is 43.0 Å². The molecule has 1 aliphatic heterocycles. The van der Waals surface area contributed by atoms with Crippen LogP contribution in [-0.4, -0.2) is 31.3 Å². The van der Waals surface area contributed by atoms with Crippen LogP contribution in [0.5, 0.6) is 0 Å². The SMILES string of the molecule is Cc1ccccc1[C@@H]1CC(c2ccc(NS(C)(=O)=O)cc2)=NN1C(=O)C(C)C. The van der Waals surface area contributed by atoms with Gasteiger partial charge in [-0.15, -0.1) is 0 Å². The monoisotopic (exact) mass is 399 g/mol. The van der Waals surface area contributed by atoms with Crippen LogP contribution in [-0.2, 0) is 14.8 Å². The normalized spacial score (nSPS) is 17.0.